The summed E-state index contributed by atoms with van der Waals surface area (Å²) in [6.45, 7) is 5.98. The molecule has 1 aromatic heterocycles. The third-order valence-corrected chi connectivity index (χ3v) is 7.64. The van der Waals surface area contributed by atoms with Gasteiger partial charge in [0.1, 0.15) is 18.1 Å². The lowest BCUT2D eigenvalue weighted by Gasteiger charge is -2.30. The highest BCUT2D eigenvalue weighted by molar-refractivity contribution is 5.83. The standard InChI is InChI=1S/C31H38N4O5/c1-2-39-31(38)24-13-16-34(17-14-24)15-6-18-40-25-11-12-27-26(19-25)30(37)35(21-28(36)32-20-22-9-10-22)29(33-27)23-7-4-3-5-8-23/h3-5,7-8,11-12,19,22,24H,2,6,9-10,13-18,20-21H2,1H3,(H,32,36). The summed E-state index contributed by atoms with van der Waals surface area (Å²) in [5, 5.41) is 3.38. The molecule has 1 saturated carbocycles. The highest BCUT2D eigenvalue weighted by atomic mass is 16.5. The predicted octanol–water partition coefficient (Wildman–Crippen LogP) is 3.63. The van der Waals surface area contributed by atoms with Crippen molar-refractivity contribution >= 4 is 22.8 Å². The molecule has 9 heteroatoms. The SMILES string of the molecule is CCOC(=O)C1CCN(CCCOc2ccc3nc(-c4ccccc4)n(CC(=O)NCC4CC4)c(=O)c3c2)CC1. The third kappa shape index (κ3) is 7.07. The van der Waals surface area contributed by atoms with Crippen molar-refractivity contribution in [3.8, 4) is 17.1 Å². The van der Waals surface area contributed by atoms with Crippen LogP contribution in [0.15, 0.2) is 53.3 Å². The number of esters is 1. The van der Waals surface area contributed by atoms with Gasteiger partial charge in [0.2, 0.25) is 5.91 Å². The minimum Gasteiger partial charge on any atom is -0.494 e. The summed E-state index contributed by atoms with van der Waals surface area (Å²) < 4.78 is 12.6. The lowest BCUT2D eigenvalue weighted by atomic mass is 9.97. The normalized spacial score (nSPS) is 16.1. The van der Waals surface area contributed by atoms with E-state index in [-0.39, 0.29) is 29.9 Å². The summed E-state index contributed by atoms with van der Waals surface area (Å²) in [5.41, 5.74) is 1.08. The number of amides is 1. The lowest BCUT2D eigenvalue weighted by Crippen LogP contribution is -2.37. The number of hydrogen-bond acceptors (Lipinski definition) is 7. The molecule has 2 aliphatic rings. The molecule has 0 spiro atoms. The topological polar surface area (TPSA) is 103 Å². The molecule has 0 radical (unpaired) electrons. The Bertz CT molecular complexity index is 1380. The summed E-state index contributed by atoms with van der Waals surface area (Å²) in [5.74, 6) is 1.37. The molecule has 2 heterocycles. The van der Waals surface area contributed by atoms with E-state index in [0.29, 0.717) is 48.2 Å². The number of carbonyl (C=O) groups excluding carboxylic acids is 2. The van der Waals surface area contributed by atoms with Crippen molar-refractivity contribution in [2.45, 2.75) is 45.6 Å². The van der Waals surface area contributed by atoms with E-state index in [2.05, 4.69) is 10.2 Å². The van der Waals surface area contributed by atoms with Gasteiger partial charge in [-0.05, 0) is 76.2 Å². The van der Waals surface area contributed by atoms with Crippen molar-refractivity contribution in [3.63, 3.8) is 0 Å². The second-order valence-electron chi connectivity index (χ2n) is 10.7. The number of likely N-dealkylation sites (tertiary alicyclic amines) is 1. The van der Waals surface area contributed by atoms with Gasteiger partial charge in [-0.15, -0.1) is 0 Å². The summed E-state index contributed by atoms with van der Waals surface area (Å²) in [4.78, 5) is 45.5. The monoisotopic (exact) mass is 546 g/mol. The Labute approximate surface area is 234 Å². The summed E-state index contributed by atoms with van der Waals surface area (Å²) in [6.07, 6.45) is 4.77. The summed E-state index contributed by atoms with van der Waals surface area (Å²) in [7, 11) is 0. The van der Waals surface area contributed by atoms with Gasteiger partial charge < -0.3 is 19.7 Å². The van der Waals surface area contributed by atoms with Gasteiger partial charge in [-0.3, -0.25) is 19.0 Å². The van der Waals surface area contributed by atoms with Crippen molar-refractivity contribution in [1.82, 2.24) is 19.8 Å². The molecular weight excluding hydrogens is 508 g/mol. The van der Waals surface area contributed by atoms with Gasteiger partial charge in [0.25, 0.3) is 5.56 Å². The van der Waals surface area contributed by atoms with Gasteiger partial charge in [0.05, 0.1) is 30.0 Å². The van der Waals surface area contributed by atoms with Crippen molar-refractivity contribution < 1.29 is 19.1 Å². The fourth-order valence-corrected chi connectivity index (χ4v) is 5.15. The molecule has 0 bridgehead atoms. The van der Waals surface area contributed by atoms with Crippen LogP contribution in [0.25, 0.3) is 22.3 Å². The van der Waals surface area contributed by atoms with Crippen LogP contribution < -0.4 is 15.6 Å². The number of aromatic nitrogens is 2. The maximum atomic E-state index is 13.7. The number of rotatable bonds is 12. The van der Waals surface area contributed by atoms with Crippen molar-refractivity contribution in [1.29, 1.82) is 0 Å². The van der Waals surface area contributed by atoms with Crippen LogP contribution in [0.3, 0.4) is 0 Å². The van der Waals surface area contributed by atoms with Crippen molar-refractivity contribution in [2.75, 3.05) is 39.4 Å². The van der Waals surface area contributed by atoms with Gasteiger partial charge in [-0.2, -0.15) is 0 Å². The van der Waals surface area contributed by atoms with Gasteiger partial charge in [0.15, 0.2) is 0 Å². The first-order valence-electron chi connectivity index (χ1n) is 14.4. The maximum Gasteiger partial charge on any atom is 0.309 e. The Hall–Kier alpha value is -3.72. The number of nitrogens with one attached hydrogen (secondary N) is 1. The molecular formula is C31H38N4O5. The van der Waals surface area contributed by atoms with E-state index in [4.69, 9.17) is 14.5 Å². The molecule has 1 amide bonds. The van der Waals surface area contributed by atoms with Crippen molar-refractivity contribution in [3.05, 3.63) is 58.9 Å². The molecule has 9 nitrogen and oxygen atoms in total. The van der Waals surface area contributed by atoms with Crippen LogP contribution >= 0.6 is 0 Å². The number of ether oxygens (including phenoxy) is 2. The second kappa shape index (κ2) is 13.1. The van der Waals surface area contributed by atoms with Crippen LogP contribution in [-0.2, 0) is 20.9 Å². The average Bonchev–Trinajstić information content (AvgIpc) is 3.81. The number of carbonyl (C=O) groups is 2. The van der Waals surface area contributed by atoms with E-state index >= 15 is 0 Å². The lowest BCUT2D eigenvalue weighted by molar-refractivity contribution is -0.149. The van der Waals surface area contributed by atoms with Crippen LogP contribution in [0, 0.1) is 11.8 Å². The van der Waals surface area contributed by atoms with Gasteiger partial charge in [-0.1, -0.05) is 30.3 Å². The van der Waals surface area contributed by atoms with E-state index in [1.165, 1.54) is 4.57 Å². The van der Waals surface area contributed by atoms with Crippen LogP contribution in [-0.4, -0.2) is 65.7 Å². The summed E-state index contributed by atoms with van der Waals surface area (Å²) >= 11 is 0. The Morgan fingerprint density at radius 1 is 1.05 bits per heavy atom. The molecule has 0 unspecified atom stereocenters. The fourth-order valence-electron chi connectivity index (χ4n) is 5.15. The number of piperidine rings is 1. The van der Waals surface area contributed by atoms with Crippen molar-refractivity contribution in [2.24, 2.45) is 11.8 Å². The van der Waals surface area contributed by atoms with Crippen LogP contribution in [0.1, 0.15) is 39.0 Å². The van der Waals surface area contributed by atoms with E-state index in [1.807, 2.05) is 43.3 Å². The van der Waals surface area contributed by atoms with E-state index < -0.39 is 0 Å². The number of fused-ring (bicyclic) bond motifs is 1. The Morgan fingerprint density at radius 3 is 2.55 bits per heavy atom. The van der Waals surface area contributed by atoms with Crippen LogP contribution in [0.4, 0.5) is 0 Å². The first kappa shape index (κ1) is 27.8. The Morgan fingerprint density at radius 2 is 1.82 bits per heavy atom. The zero-order valence-electron chi connectivity index (χ0n) is 23.1. The fraction of sp³-hybridized carbons (Fsp3) is 0.484. The molecule has 1 N–H and O–H groups in total. The molecule has 0 atom stereocenters. The average molecular weight is 547 g/mol. The highest BCUT2D eigenvalue weighted by Crippen LogP contribution is 2.27. The minimum atomic E-state index is -0.264. The van der Waals surface area contributed by atoms with Crippen LogP contribution in [0.5, 0.6) is 5.75 Å². The maximum absolute atomic E-state index is 13.7. The molecule has 2 aromatic carbocycles. The molecule has 1 saturated heterocycles. The summed E-state index contributed by atoms with van der Waals surface area (Å²) in [6, 6.07) is 14.8. The van der Waals surface area contributed by atoms with E-state index in [9.17, 15) is 14.4 Å². The molecule has 1 aliphatic heterocycles. The zero-order chi connectivity index (χ0) is 27.9. The highest BCUT2D eigenvalue weighted by Gasteiger charge is 2.26. The van der Waals surface area contributed by atoms with Gasteiger partial charge in [0, 0.05) is 18.7 Å². The molecule has 3 aromatic rings. The third-order valence-electron chi connectivity index (χ3n) is 7.64. The molecule has 40 heavy (non-hydrogen) atoms. The van der Waals surface area contributed by atoms with E-state index in [0.717, 1.165) is 57.3 Å². The molecule has 5 rings (SSSR count). The predicted molar refractivity (Wildman–Crippen MR) is 153 cm³/mol. The van der Waals surface area contributed by atoms with E-state index in [1.54, 1.807) is 12.1 Å². The second-order valence-corrected chi connectivity index (χ2v) is 10.7. The van der Waals surface area contributed by atoms with Crippen LogP contribution in [0.2, 0.25) is 0 Å². The quantitative estimate of drug-likeness (QED) is 0.273. The number of hydrogen-bond donors (Lipinski definition) is 1. The first-order valence-corrected chi connectivity index (χ1v) is 14.4. The molecule has 1 aliphatic carbocycles. The Balaban J connectivity index is 1.24. The number of nitrogens with zero attached hydrogens (tertiary/aromatic N) is 3. The zero-order valence-corrected chi connectivity index (χ0v) is 23.1. The van der Waals surface area contributed by atoms with Gasteiger partial charge >= 0.3 is 5.97 Å². The largest absolute Gasteiger partial charge is 0.494 e. The smallest absolute Gasteiger partial charge is 0.309 e. The Kier molecular flexibility index (Phi) is 9.11. The number of benzene rings is 2. The first-order chi connectivity index (χ1) is 19.5. The van der Waals surface area contributed by atoms with Gasteiger partial charge in [-0.25, -0.2) is 4.98 Å². The molecule has 212 valence electrons. The molecule has 2 fully saturated rings. The minimum absolute atomic E-state index is 0.00869.